The topological polar surface area (TPSA) is 72.9 Å². The molecule has 0 spiro atoms. The molecule has 32 heavy (non-hydrogen) atoms. The van der Waals surface area contributed by atoms with Gasteiger partial charge in [-0.2, -0.15) is 0 Å². The average Bonchev–Trinajstić information content (AvgIpc) is 3.39. The molecule has 3 aliphatic rings. The lowest BCUT2D eigenvalue weighted by atomic mass is 9.81. The van der Waals surface area contributed by atoms with Crippen molar-refractivity contribution in [2.45, 2.75) is 23.0 Å². The minimum atomic E-state index is -0.535. The van der Waals surface area contributed by atoms with Crippen molar-refractivity contribution in [3.8, 4) is 11.5 Å². The van der Waals surface area contributed by atoms with Crippen LogP contribution in [0.4, 0.5) is 5.69 Å². The molecule has 1 heterocycles. The highest BCUT2D eigenvalue weighted by molar-refractivity contribution is 9.12. The zero-order valence-electron chi connectivity index (χ0n) is 17.2. The number of amides is 2. The maximum atomic E-state index is 13.1. The number of rotatable bonds is 5. The zero-order chi connectivity index (χ0) is 22.6. The first kappa shape index (κ1) is 21.6. The number of ether oxygens (including phenoxy) is 2. The molecule has 2 bridgehead atoms. The van der Waals surface area contributed by atoms with Crippen LogP contribution in [0.1, 0.15) is 12.0 Å². The second kappa shape index (κ2) is 8.30. The predicted octanol–water partition coefficient (Wildman–Crippen LogP) is 4.26. The van der Waals surface area contributed by atoms with E-state index in [1.807, 2.05) is 25.1 Å². The molecule has 2 aromatic carbocycles. The number of imide groups is 1. The van der Waals surface area contributed by atoms with Gasteiger partial charge in [0.05, 0.1) is 17.5 Å². The minimum Gasteiger partial charge on any atom is -0.482 e. The first-order valence-corrected chi connectivity index (χ1v) is 12.3. The van der Waals surface area contributed by atoms with Crippen molar-refractivity contribution in [2.24, 2.45) is 23.7 Å². The zero-order valence-corrected chi connectivity index (χ0v) is 20.4. The van der Waals surface area contributed by atoms with Crippen LogP contribution in [0, 0.1) is 30.6 Å². The monoisotopic (exact) mass is 561 g/mol. The van der Waals surface area contributed by atoms with E-state index in [1.165, 1.54) is 4.90 Å². The standard InChI is InChI=1S/C24H21Br2NO5/c1-12-4-2-3-5-17(12)31-11-18(28)32-14-8-6-13(7-9-14)27-23(29)19-15-10-16(20(19)24(27)30)22(26)21(15)25/h2-9,15-16,19-22H,10-11H2,1H3/t15-,16-,19-,20-,21-,22+/m1/s1. The van der Waals surface area contributed by atoms with E-state index in [1.54, 1.807) is 30.3 Å². The highest BCUT2D eigenvalue weighted by Gasteiger charge is 2.66. The van der Waals surface area contributed by atoms with Gasteiger partial charge in [-0.3, -0.25) is 14.5 Å². The van der Waals surface area contributed by atoms with Crippen LogP contribution < -0.4 is 14.4 Å². The number of hydrogen-bond acceptors (Lipinski definition) is 5. The number of para-hydroxylation sites is 1. The average molecular weight is 563 g/mol. The number of alkyl halides is 2. The molecule has 1 aliphatic heterocycles. The van der Waals surface area contributed by atoms with Crippen molar-refractivity contribution in [3.05, 3.63) is 54.1 Å². The van der Waals surface area contributed by atoms with Crippen LogP contribution in [0.3, 0.4) is 0 Å². The fraction of sp³-hybridized carbons (Fsp3) is 0.375. The summed E-state index contributed by atoms with van der Waals surface area (Å²) in [5.41, 5.74) is 1.43. The highest BCUT2D eigenvalue weighted by Crippen LogP contribution is 2.60. The normalized spacial score (nSPS) is 30.5. The van der Waals surface area contributed by atoms with E-state index in [2.05, 4.69) is 31.9 Å². The summed E-state index contributed by atoms with van der Waals surface area (Å²) in [7, 11) is 0. The minimum absolute atomic E-state index is 0.132. The maximum absolute atomic E-state index is 13.1. The highest BCUT2D eigenvalue weighted by atomic mass is 79.9. The third-order valence-electron chi connectivity index (χ3n) is 6.75. The van der Waals surface area contributed by atoms with Gasteiger partial charge in [-0.15, -0.1) is 0 Å². The van der Waals surface area contributed by atoms with Crippen LogP contribution in [0.15, 0.2) is 48.5 Å². The fourth-order valence-electron chi connectivity index (χ4n) is 5.28. The van der Waals surface area contributed by atoms with Crippen LogP contribution in [0.5, 0.6) is 11.5 Å². The molecule has 166 valence electrons. The first-order valence-electron chi connectivity index (χ1n) is 10.5. The summed E-state index contributed by atoms with van der Waals surface area (Å²) in [5, 5.41) is 0. The summed E-state index contributed by atoms with van der Waals surface area (Å²) in [6, 6.07) is 13.9. The molecular formula is C24H21Br2NO5. The smallest absolute Gasteiger partial charge is 0.349 e. The van der Waals surface area contributed by atoms with Crippen molar-refractivity contribution < 1.29 is 23.9 Å². The van der Waals surface area contributed by atoms with E-state index in [-0.39, 0.29) is 51.7 Å². The number of carbonyl (C=O) groups is 3. The van der Waals surface area contributed by atoms with Gasteiger partial charge in [-0.25, -0.2) is 4.79 Å². The van der Waals surface area contributed by atoms with E-state index >= 15 is 0 Å². The van der Waals surface area contributed by atoms with Crippen molar-refractivity contribution in [3.63, 3.8) is 0 Å². The Morgan fingerprint density at radius 2 is 1.56 bits per heavy atom. The summed E-state index contributed by atoms with van der Waals surface area (Å²) >= 11 is 7.39. The largest absolute Gasteiger partial charge is 0.482 e. The lowest BCUT2D eigenvalue weighted by Gasteiger charge is -2.28. The quantitative estimate of drug-likeness (QED) is 0.236. The Hall–Kier alpha value is -2.19. The molecule has 0 aromatic heterocycles. The Balaban J connectivity index is 1.24. The molecule has 0 unspecified atom stereocenters. The van der Waals surface area contributed by atoms with E-state index in [0.717, 1.165) is 12.0 Å². The first-order chi connectivity index (χ1) is 15.4. The third kappa shape index (κ3) is 3.48. The Morgan fingerprint density at radius 1 is 0.969 bits per heavy atom. The lowest BCUT2D eigenvalue weighted by molar-refractivity contribution is -0.136. The molecule has 2 aromatic rings. The summed E-state index contributed by atoms with van der Waals surface area (Å²) in [6.45, 7) is 1.68. The van der Waals surface area contributed by atoms with E-state index in [9.17, 15) is 14.4 Å². The van der Waals surface area contributed by atoms with Crippen molar-refractivity contribution in [2.75, 3.05) is 11.5 Å². The van der Waals surface area contributed by atoms with E-state index in [4.69, 9.17) is 9.47 Å². The number of hydrogen-bond donors (Lipinski definition) is 0. The molecule has 0 N–H and O–H groups in total. The second-order valence-corrected chi connectivity index (χ2v) is 10.7. The summed E-state index contributed by atoms with van der Waals surface area (Å²) in [6.07, 6.45) is 0.895. The van der Waals surface area contributed by atoms with Crippen LogP contribution in [0.25, 0.3) is 0 Å². The number of aryl methyl sites for hydroxylation is 1. The molecule has 8 heteroatoms. The van der Waals surface area contributed by atoms with Gasteiger partial charge >= 0.3 is 5.97 Å². The summed E-state index contributed by atoms with van der Waals surface area (Å²) in [4.78, 5) is 40.1. The van der Waals surface area contributed by atoms with Gasteiger partial charge in [0.2, 0.25) is 11.8 Å². The summed E-state index contributed by atoms with van der Waals surface area (Å²) in [5.74, 6) is -0.0286. The predicted molar refractivity (Wildman–Crippen MR) is 125 cm³/mol. The Bertz CT molecular complexity index is 1060. The van der Waals surface area contributed by atoms with Crippen LogP contribution in [0.2, 0.25) is 0 Å². The number of benzene rings is 2. The van der Waals surface area contributed by atoms with Gasteiger partial charge in [-0.1, -0.05) is 50.1 Å². The molecule has 6 nitrogen and oxygen atoms in total. The third-order valence-corrected chi connectivity index (χ3v) is 9.96. The molecule has 1 saturated heterocycles. The van der Waals surface area contributed by atoms with Crippen LogP contribution in [-0.2, 0) is 14.4 Å². The van der Waals surface area contributed by atoms with Gasteiger partial charge in [0, 0.05) is 9.65 Å². The van der Waals surface area contributed by atoms with Gasteiger partial charge in [0.1, 0.15) is 11.5 Å². The molecular weight excluding hydrogens is 542 g/mol. The number of carbonyl (C=O) groups excluding carboxylic acids is 3. The molecule has 3 fully saturated rings. The second-order valence-electron chi connectivity index (χ2n) is 8.54. The fourth-order valence-corrected chi connectivity index (χ4v) is 7.16. The molecule has 5 rings (SSSR count). The van der Waals surface area contributed by atoms with E-state index < -0.39 is 5.97 Å². The van der Waals surface area contributed by atoms with Crippen molar-refractivity contribution >= 4 is 55.3 Å². The van der Waals surface area contributed by atoms with Gasteiger partial charge in [0.25, 0.3) is 0 Å². The molecule has 2 saturated carbocycles. The molecule has 0 radical (unpaired) electrons. The number of anilines is 1. The Morgan fingerprint density at radius 3 is 2.16 bits per heavy atom. The SMILES string of the molecule is Cc1ccccc1OCC(=O)Oc1ccc(N2C(=O)[C@@H]3[C@H]4C[C@@H]([C@@H](Br)[C@H]4Br)[C@H]3C2=O)cc1. The molecule has 2 aliphatic carbocycles. The van der Waals surface area contributed by atoms with Crippen LogP contribution >= 0.6 is 31.9 Å². The van der Waals surface area contributed by atoms with Gasteiger partial charge < -0.3 is 9.47 Å². The Labute approximate surface area is 202 Å². The maximum Gasteiger partial charge on any atom is 0.349 e. The lowest BCUT2D eigenvalue weighted by Crippen LogP contribution is -2.37. The van der Waals surface area contributed by atoms with E-state index in [0.29, 0.717) is 17.2 Å². The summed E-state index contributed by atoms with van der Waals surface area (Å²) < 4.78 is 10.8. The molecule has 2 amide bonds. The number of halogens is 2. The number of esters is 1. The van der Waals surface area contributed by atoms with Crippen molar-refractivity contribution in [1.29, 1.82) is 0 Å². The number of nitrogens with zero attached hydrogens (tertiary/aromatic N) is 1. The van der Waals surface area contributed by atoms with Gasteiger partial charge in [-0.05, 0) is 61.1 Å². The Kier molecular flexibility index (Phi) is 5.61. The van der Waals surface area contributed by atoms with Crippen molar-refractivity contribution in [1.82, 2.24) is 0 Å². The number of fused-ring (bicyclic) bond motifs is 5. The van der Waals surface area contributed by atoms with Gasteiger partial charge in [0.15, 0.2) is 6.61 Å². The molecule has 6 atom stereocenters. The van der Waals surface area contributed by atoms with Crippen LogP contribution in [-0.4, -0.2) is 34.0 Å².